The molecule has 2 aliphatic rings. The number of piperidine rings is 1. The summed E-state index contributed by atoms with van der Waals surface area (Å²) in [6.07, 6.45) is 6.99. The van der Waals surface area contributed by atoms with Gasteiger partial charge in [0.05, 0.1) is 48.5 Å². The molecule has 16 heteroatoms. The lowest BCUT2D eigenvalue weighted by Crippen LogP contribution is -2.54. The van der Waals surface area contributed by atoms with E-state index in [-0.39, 0.29) is 36.1 Å². The number of nitrogens with one attached hydrogen (secondary N) is 1. The van der Waals surface area contributed by atoms with Crippen LogP contribution < -0.4 is 25.1 Å². The minimum atomic E-state index is -1.04. The number of fused-ring (bicyclic) bond motifs is 2. The Morgan fingerprint density at radius 1 is 0.906 bits per heavy atom. The average Bonchev–Trinajstić information content (AvgIpc) is 3.69. The minimum absolute atomic E-state index is 0.0486. The van der Waals surface area contributed by atoms with Gasteiger partial charge in [0.1, 0.15) is 29.9 Å². The van der Waals surface area contributed by atoms with E-state index in [0.717, 1.165) is 32.7 Å². The summed E-state index contributed by atoms with van der Waals surface area (Å²) in [5.41, 5.74) is 3.43. The molecule has 53 heavy (non-hydrogen) atoms. The summed E-state index contributed by atoms with van der Waals surface area (Å²) in [5, 5.41) is 12.0. The van der Waals surface area contributed by atoms with Crippen LogP contribution in [0, 0.1) is 0 Å². The van der Waals surface area contributed by atoms with E-state index in [1.54, 1.807) is 50.6 Å². The molecule has 0 bridgehead atoms. The summed E-state index contributed by atoms with van der Waals surface area (Å²) in [5.74, 6) is -0.629. The summed E-state index contributed by atoms with van der Waals surface area (Å²) in [6, 6.07) is 9.24. The molecule has 4 amide bonds. The van der Waals surface area contributed by atoms with Gasteiger partial charge in [0.2, 0.25) is 11.8 Å². The van der Waals surface area contributed by atoms with Crippen LogP contribution in [0.5, 0.6) is 17.2 Å². The molecule has 16 nitrogen and oxygen atoms in total. The largest absolute Gasteiger partial charge is 0.496 e. The van der Waals surface area contributed by atoms with E-state index in [9.17, 15) is 24.0 Å². The van der Waals surface area contributed by atoms with Gasteiger partial charge >= 0.3 is 0 Å². The maximum absolute atomic E-state index is 13.1. The van der Waals surface area contributed by atoms with Gasteiger partial charge in [0, 0.05) is 56.9 Å². The van der Waals surface area contributed by atoms with Gasteiger partial charge < -0.3 is 18.8 Å². The number of pyridine rings is 2. The maximum Gasteiger partial charge on any atom is 0.262 e. The number of aryl methyl sites for hydroxylation is 1. The molecule has 0 spiro atoms. The van der Waals surface area contributed by atoms with Crippen LogP contribution in [0.15, 0.2) is 66.0 Å². The Morgan fingerprint density at radius 3 is 2.40 bits per heavy atom. The Hall–Kier alpha value is -6.42. The zero-order chi connectivity index (χ0) is 37.4. The fourth-order valence-electron chi connectivity index (χ4n) is 6.76. The van der Waals surface area contributed by atoms with Crippen LogP contribution in [0.2, 0.25) is 0 Å². The second-order valence-corrected chi connectivity index (χ2v) is 12.9. The molecule has 0 saturated carbocycles. The monoisotopic (exact) mass is 720 g/mol. The van der Waals surface area contributed by atoms with Crippen molar-refractivity contribution in [3.8, 4) is 28.4 Å². The SMILES string of the molecule is COc1cc(-c2cn(C)c(=O)c3cnccc23)cc(OC)c1CN(C)Cc1cn(CCOc2ccc3c(c2)C(=O)N(C2CCC(=O)NC2=O)C3=O)nn1. The number of benzene rings is 2. The van der Waals surface area contributed by atoms with Crippen LogP contribution in [-0.2, 0) is 36.3 Å². The fraction of sp³-hybridized carbons (Fsp3) is 0.297. The number of hydrogen-bond donors (Lipinski definition) is 1. The van der Waals surface area contributed by atoms with Gasteiger partial charge in [0.15, 0.2) is 0 Å². The highest BCUT2D eigenvalue weighted by atomic mass is 16.5. The molecule has 5 aromatic rings. The number of aromatic nitrogens is 5. The van der Waals surface area contributed by atoms with Crippen LogP contribution in [-0.4, -0.2) is 91.9 Å². The smallest absolute Gasteiger partial charge is 0.262 e. The maximum atomic E-state index is 13.1. The Morgan fingerprint density at radius 2 is 1.66 bits per heavy atom. The van der Waals surface area contributed by atoms with E-state index >= 15 is 0 Å². The number of nitrogens with zero attached hydrogens (tertiary/aromatic N) is 7. The highest BCUT2D eigenvalue weighted by Crippen LogP contribution is 2.38. The van der Waals surface area contributed by atoms with E-state index in [4.69, 9.17) is 14.2 Å². The first-order chi connectivity index (χ1) is 25.6. The first-order valence-electron chi connectivity index (χ1n) is 16.8. The number of carbonyl (C=O) groups is 4. The van der Waals surface area contributed by atoms with E-state index in [1.807, 2.05) is 31.4 Å². The van der Waals surface area contributed by atoms with Gasteiger partial charge in [-0.1, -0.05) is 5.21 Å². The van der Waals surface area contributed by atoms with Gasteiger partial charge in [-0.25, -0.2) is 4.68 Å². The lowest BCUT2D eigenvalue weighted by atomic mass is 9.99. The van der Waals surface area contributed by atoms with Crippen molar-refractivity contribution in [3.05, 3.63) is 93.9 Å². The molecule has 3 aromatic heterocycles. The number of ether oxygens (including phenoxy) is 3. The molecule has 5 heterocycles. The number of hydrogen-bond acceptors (Lipinski definition) is 12. The molecule has 2 aliphatic heterocycles. The summed E-state index contributed by atoms with van der Waals surface area (Å²) in [7, 11) is 6.87. The lowest BCUT2D eigenvalue weighted by Gasteiger charge is -2.27. The molecule has 2 aromatic carbocycles. The Balaban J connectivity index is 0.982. The summed E-state index contributed by atoms with van der Waals surface area (Å²) < 4.78 is 20.7. The molecule has 1 fully saturated rings. The average molecular weight is 721 g/mol. The molecule has 272 valence electrons. The van der Waals surface area contributed by atoms with Gasteiger partial charge in [-0.2, -0.15) is 0 Å². The predicted octanol–water partition coefficient (Wildman–Crippen LogP) is 2.32. The summed E-state index contributed by atoms with van der Waals surface area (Å²) >= 11 is 0. The van der Waals surface area contributed by atoms with Crippen molar-refractivity contribution >= 4 is 34.4 Å². The Bertz CT molecular complexity index is 2330. The topological polar surface area (TPSA) is 180 Å². The zero-order valence-electron chi connectivity index (χ0n) is 29.5. The fourth-order valence-corrected chi connectivity index (χ4v) is 6.76. The quantitative estimate of drug-likeness (QED) is 0.186. The molecule has 0 radical (unpaired) electrons. The van der Waals surface area contributed by atoms with Crippen LogP contribution in [0.3, 0.4) is 0 Å². The van der Waals surface area contributed by atoms with E-state index in [1.165, 1.54) is 16.7 Å². The number of carbonyl (C=O) groups excluding carboxylic acids is 4. The molecule has 1 saturated heterocycles. The number of imide groups is 2. The predicted molar refractivity (Wildman–Crippen MR) is 189 cm³/mol. The molecular weight excluding hydrogens is 684 g/mol. The summed E-state index contributed by atoms with van der Waals surface area (Å²) in [6.45, 7) is 1.51. The number of rotatable bonds is 12. The lowest BCUT2D eigenvalue weighted by molar-refractivity contribution is -0.136. The molecular formula is C37H36N8O8. The second-order valence-electron chi connectivity index (χ2n) is 12.9. The van der Waals surface area contributed by atoms with Crippen LogP contribution in [0.4, 0.5) is 0 Å². The number of amides is 4. The summed E-state index contributed by atoms with van der Waals surface area (Å²) in [4.78, 5) is 69.8. The van der Waals surface area contributed by atoms with Crippen molar-refractivity contribution in [2.24, 2.45) is 7.05 Å². The Labute approximate surface area is 302 Å². The highest BCUT2D eigenvalue weighted by molar-refractivity contribution is 6.23. The van der Waals surface area contributed by atoms with Crippen molar-refractivity contribution < 1.29 is 33.4 Å². The van der Waals surface area contributed by atoms with Gasteiger partial charge in [0.25, 0.3) is 17.4 Å². The van der Waals surface area contributed by atoms with Crippen molar-refractivity contribution in [3.63, 3.8) is 0 Å². The molecule has 0 aliphatic carbocycles. The van der Waals surface area contributed by atoms with Gasteiger partial charge in [-0.15, -0.1) is 5.10 Å². The molecule has 1 unspecified atom stereocenters. The van der Waals surface area contributed by atoms with E-state index < -0.39 is 29.7 Å². The normalized spacial score (nSPS) is 15.6. The third-order valence-corrected chi connectivity index (χ3v) is 9.35. The van der Waals surface area contributed by atoms with Crippen LogP contribution >= 0.6 is 0 Å². The van der Waals surface area contributed by atoms with Crippen molar-refractivity contribution in [1.29, 1.82) is 0 Å². The molecule has 1 N–H and O–H groups in total. The van der Waals surface area contributed by atoms with E-state index in [0.29, 0.717) is 42.3 Å². The van der Waals surface area contributed by atoms with Gasteiger partial charge in [-0.3, -0.25) is 44.1 Å². The number of methoxy groups -OCH3 is 2. The minimum Gasteiger partial charge on any atom is -0.496 e. The Kier molecular flexibility index (Phi) is 9.45. The third kappa shape index (κ3) is 6.71. The van der Waals surface area contributed by atoms with Crippen molar-refractivity contribution in [1.82, 2.24) is 39.7 Å². The first kappa shape index (κ1) is 35.0. The van der Waals surface area contributed by atoms with Crippen LogP contribution in [0.25, 0.3) is 21.9 Å². The third-order valence-electron chi connectivity index (χ3n) is 9.35. The zero-order valence-corrected chi connectivity index (χ0v) is 29.5. The highest BCUT2D eigenvalue weighted by Gasteiger charge is 2.44. The van der Waals surface area contributed by atoms with Crippen LogP contribution in [0.1, 0.15) is 44.8 Å². The standard InChI is InChI=1S/C37H36N8O8/c1-42(19-29-31(51-3)13-21(14-32(29)52-4)28-20-43(2)35(48)27-16-38-10-9-24(27)28)17-22-18-44(41-40-22)11-12-53-23-5-6-25-26(15-23)37(50)45(36(25)49)30-7-8-33(46)39-34(30)47/h5-6,9-10,13-16,18,20,30H,7-8,11-12,17,19H2,1-4H3,(H,39,46,47). The van der Waals surface area contributed by atoms with Crippen molar-refractivity contribution in [2.45, 2.75) is 38.5 Å². The molecule has 1 atom stereocenters. The van der Waals surface area contributed by atoms with E-state index in [2.05, 4.69) is 25.5 Å². The second kappa shape index (κ2) is 14.3. The molecule has 7 rings (SSSR count). The van der Waals surface area contributed by atoms with Crippen molar-refractivity contribution in [2.75, 3.05) is 27.9 Å². The van der Waals surface area contributed by atoms with Gasteiger partial charge in [-0.05, 0) is 60.8 Å². The first-order valence-corrected chi connectivity index (χ1v) is 16.8.